The third-order valence-corrected chi connectivity index (χ3v) is 8.80. The number of nitrogens with zero attached hydrogens (tertiary/aromatic N) is 1. The van der Waals surface area contributed by atoms with Crippen LogP contribution in [0.4, 0.5) is 0 Å². The van der Waals surface area contributed by atoms with Gasteiger partial charge in [-0.3, -0.25) is 19.3 Å². The number of morpholine rings is 1. The van der Waals surface area contributed by atoms with E-state index < -0.39 is 29.6 Å². The number of hydrogen-bond acceptors (Lipinski definition) is 8. The van der Waals surface area contributed by atoms with E-state index in [2.05, 4.69) is 6.92 Å². The molecule has 3 saturated carbocycles. The summed E-state index contributed by atoms with van der Waals surface area (Å²) in [6.07, 6.45) is 4.92. The Bertz CT molecular complexity index is 759. The highest BCUT2D eigenvalue weighted by Gasteiger charge is 2.70. The van der Waals surface area contributed by atoms with Gasteiger partial charge < -0.3 is 18.9 Å². The van der Waals surface area contributed by atoms with E-state index in [0.29, 0.717) is 38.6 Å². The Labute approximate surface area is 189 Å². The fraction of sp³-hybridized carbons (Fsp3) is 0.875. The molecule has 0 aromatic heterocycles. The molecular weight excluding hydrogens is 414 g/mol. The van der Waals surface area contributed by atoms with E-state index >= 15 is 0 Å². The van der Waals surface area contributed by atoms with Crippen molar-refractivity contribution in [2.24, 2.45) is 29.6 Å². The molecule has 2 heterocycles. The lowest BCUT2D eigenvalue weighted by Gasteiger charge is -2.37. The molecule has 2 bridgehead atoms. The van der Waals surface area contributed by atoms with E-state index in [1.165, 1.54) is 12.8 Å². The number of carbonyl (C=O) groups excluding carboxylic acids is 3. The summed E-state index contributed by atoms with van der Waals surface area (Å²) in [6.45, 7) is 6.87. The van der Waals surface area contributed by atoms with Crippen molar-refractivity contribution in [3.05, 3.63) is 0 Å². The predicted molar refractivity (Wildman–Crippen MR) is 112 cm³/mol. The largest absolute Gasteiger partial charge is 0.459 e. The lowest BCUT2D eigenvalue weighted by atomic mass is 9.78. The highest BCUT2D eigenvalue weighted by atomic mass is 16.6. The summed E-state index contributed by atoms with van der Waals surface area (Å²) in [7, 11) is 0. The Morgan fingerprint density at radius 3 is 2.56 bits per heavy atom. The molecule has 0 aromatic carbocycles. The van der Waals surface area contributed by atoms with Crippen molar-refractivity contribution < 1.29 is 33.3 Å². The molecule has 178 valence electrons. The molecule has 2 saturated heterocycles. The molecule has 0 aromatic rings. The van der Waals surface area contributed by atoms with Crippen molar-refractivity contribution in [2.45, 2.75) is 70.2 Å². The number of carbonyl (C=O) groups is 3. The lowest BCUT2D eigenvalue weighted by Crippen LogP contribution is -2.48. The van der Waals surface area contributed by atoms with Gasteiger partial charge in [0.1, 0.15) is 17.8 Å². The molecule has 0 amide bonds. The van der Waals surface area contributed by atoms with Gasteiger partial charge in [0.15, 0.2) is 0 Å². The number of esters is 3. The van der Waals surface area contributed by atoms with Crippen LogP contribution in [0.1, 0.15) is 52.4 Å². The van der Waals surface area contributed by atoms with Crippen LogP contribution in [0.25, 0.3) is 0 Å². The van der Waals surface area contributed by atoms with Gasteiger partial charge in [-0.1, -0.05) is 19.8 Å². The average molecular weight is 450 g/mol. The summed E-state index contributed by atoms with van der Waals surface area (Å²) in [5.41, 5.74) is -0.514. The predicted octanol–water partition coefficient (Wildman–Crippen LogP) is 1.94. The highest BCUT2D eigenvalue weighted by Crippen LogP contribution is 2.59. The molecule has 0 spiro atoms. The van der Waals surface area contributed by atoms with E-state index in [-0.39, 0.29) is 36.3 Å². The van der Waals surface area contributed by atoms with E-state index in [9.17, 15) is 14.4 Å². The second-order valence-electron chi connectivity index (χ2n) is 10.4. The quantitative estimate of drug-likeness (QED) is 0.430. The fourth-order valence-corrected chi connectivity index (χ4v) is 6.88. The van der Waals surface area contributed by atoms with Crippen LogP contribution in [0.3, 0.4) is 0 Å². The van der Waals surface area contributed by atoms with Crippen molar-refractivity contribution in [1.82, 2.24) is 4.90 Å². The third kappa shape index (κ3) is 3.73. The molecular formula is C24H35NO7. The summed E-state index contributed by atoms with van der Waals surface area (Å²) >= 11 is 0. The van der Waals surface area contributed by atoms with E-state index in [1.54, 1.807) is 0 Å². The molecule has 3 aliphatic carbocycles. The summed E-state index contributed by atoms with van der Waals surface area (Å²) in [6, 6.07) is 0. The van der Waals surface area contributed by atoms with Gasteiger partial charge in [0.25, 0.3) is 0 Å². The smallest absolute Gasteiger partial charge is 0.320 e. The molecule has 32 heavy (non-hydrogen) atoms. The second-order valence-corrected chi connectivity index (χ2v) is 10.4. The van der Waals surface area contributed by atoms with Crippen molar-refractivity contribution in [1.29, 1.82) is 0 Å². The van der Waals surface area contributed by atoms with Crippen molar-refractivity contribution in [3.63, 3.8) is 0 Å². The van der Waals surface area contributed by atoms with Crippen LogP contribution in [0.5, 0.6) is 0 Å². The van der Waals surface area contributed by atoms with E-state index in [4.69, 9.17) is 18.9 Å². The Hall–Kier alpha value is -1.67. The maximum Gasteiger partial charge on any atom is 0.320 e. The first kappa shape index (κ1) is 22.1. The molecule has 5 fully saturated rings. The number of fused-ring (bicyclic) bond motifs is 1. The SMILES string of the molecule is CCC(C)(OC(=O)C1C2CC3C(OC(=O)C31)C2OC(=O)CN1CCOCC1)C1CCCC1. The van der Waals surface area contributed by atoms with Crippen LogP contribution >= 0.6 is 0 Å². The minimum atomic E-state index is -0.584. The van der Waals surface area contributed by atoms with Crippen LogP contribution in [0.15, 0.2) is 0 Å². The second kappa shape index (κ2) is 8.60. The molecule has 5 aliphatic rings. The number of rotatable bonds is 7. The van der Waals surface area contributed by atoms with E-state index in [1.807, 2.05) is 11.8 Å². The van der Waals surface area contributed by atoms with Gasteiger partial charge in [-0.05, 0) is 38.5 Å². The Kier molecular flexibility index (Phi) is 5.95. The van der Waals surface area contributed by atoms with Crippen LogP contribution in [-0.2, 0) is 33.3 Å². The summed E-state index contributed by atoms with van der Waals surface area (Å²) in [5, 5.41) is 0. The standard InChI is InChI=1S/C24H35NO7/c1-3-24(2,14-6-4-5-7-14)32-23(28)19-16-12-15-18(19)22(27)31-21(15)20(16)30-17(26)13-25-8-10-29-11-9-25/h14-16,18-21H,3-13H2,1-2H3. The summed E-state index contributed by atoms with van der Waals surface area (Å²) in [5.74, 6) is -1.95. The molecule has 2 aliphatic heterocycles. The summed E-state index contributed by atoms with van der Waals surface area (Å²) in [4.78, 5) is 40.8. The minimum Gasteiger partial charge on any atom is -0.459 e. The first-order valence-electron chi connectivity index (χ1n) is 12.3. The lowest BCUT2D eigenvalue weighted by molar-refractivity contribution is -0.179. The van der Waals surface area contributed by atoms with Gasteiger partial charge in [0.2, 0.25) is 0 Å². The number of ether oxygens (including phenoxy) is 4. The van der Waals surface area contributed by atoms with E-state index in [0.717, 1.165) is 19.3 Å². The Morgan fingerprint density at radius 1 is 1.16 bits per heavy atom. The zero-order valence-electron chi connectivity index (χ0n) is 19.1. The number of hydrogen-bond donors (Lipinski definition) is 0. The zero-order valence-corrected chi connectivity index (χ0v) is 19.1. The molecule has 7 atom stereocenters. The monoisotopic (exact) mass is 449 g/mol. The van der Waals surface area contributed by atoms with Gasteiger partial charge in [-0.2, -0.15) is 0 Å². The van der Waals surface area contributed by atoms with Crippen LogP contribution < -0.4 is 0 Å². The molecule has 8 heteroatoms. The van der Waals surface area contributed by atoms with Crippen LogP contribution in [0.2, 0.25) is 0 Å². The minimum absolute atomic E-state index is 0.0643. The van der Waals surface area contributed by atoms with Gasteiger partial charge >= 0.3 is 17.9 Å². The zero-order chi connectivity index (χ0) is 22.5. The molecule has 5 rings (SSSR count). The first-order valence-corrected chi connectivity index (χ1v) is 12.3. The molecule has 7 unspecified atom stereocenters. The average Bonchev–Trinajstić information content (AvgIpc) is 3.54. The summed E-state index contributed by atoms with van der Waals surface area (Å²) < 4.78 is 23.0. The van der Waals surface area contributed by atoms with Gasteiger partial charge in [-0.15, -0.1) is 0 Å². The topological polar surface area (TPSA) is 91.4 Å². The molecule has 0 radical (unpaired) electrons. The van der Waals surface area contributed by atoms with Crippen molar-refractivity contribution >= 4 is 17.9 Å². The fourth-order valence-electron chi connectivity index (χ4n) is 6.88. The van der Waals surface area contributed by atoms with Gasteiger partial charge in [0, 0.05) is 24.9 Å². The molecule has 0 N–H and O–H groups in total. The van der Waals surface area contributed by atoms with Crippen LogP contribution in [0, 0.1) is 29.6 Å². The highest BCUT2D eigenvalue weighted by molar-refractivity contribution is 5.86. The normalized spacial score (nSPS) is 38.5. The van der Waals surface area contributed by atoms with Crippen molar-refractivity contribution in [2.75, 3.05) is 32.8 Å². The van der Waals surface area contributed by atoms with Gasteiger partial charge in [-0.25, -0.2) is 0 Å². The van der Waals surface area contributed by atoms with Gasteiger partial charge in [0.05, 0.1) is 31.6 Å². The third-order valence-electron chi connectivity index (χ3n) is 8.80. The Balaban J connectivity index is 1.28. The first-order chi connectivity index (χ1) is 15.4. The van der Waals surface area contributed by atoms with Crippen LogP contribution in [-0.4, -0.2) is 73.5 Å². The van der Waals surface area contributed by atoms with Crippen molar-refractivity contribution in [3.8, 4) is 0 Å². The maximum absolute atomic E-state index is 13.5. The molecule has 8 nitrogen and oxygen atoms in total. The Morgan fingerprint density at radius 2 is 1.88 bits per heavy atom. The maximum atomic E-state index is 13.5.